The quantitative estimate of drug-likeness (QED) is 0.627. The van der Waals surface area contributed by atoms with Gasteiger partial charge in [-0.25, -0.2) is 0 Å². The van der Waals surface area contributed by atoms with Gasteiger partial charge >= 0.3 is 0 Å². The lowest BCUT2D eigenvalue weighted by atomic mass is 10.1. The minimum absolute atomic E-state index is 0.327. The van der Waals surface area contributed by atoms with Gasteiger partial charge in [0.2, 0.25) is 0 Å². The van der Waals surface area contributed by atoms with Crippen LogP contribution in [0.3, 0.4) is 0 Å². The number of nitrogens with two attached hydrogens (primary N) is 1. The predicted octanol–water partition coefficient (Wildman–Crippen LogP) is 2.02. The van der Waals surface area contributed by atoms with Crippen LogP contribution in [-0.4, -0.2) is 11.0 Å². The van der Waals surface area contributed by atoms with Crippen molar-refractivity contribution >= 4 is 15.9 Å². The number of halogens is 1. The van der Waals surface area contributed by atoms with Crippen LogP contribution in [0.2, 0.25) is 0 Å². The van der Waals surface area contributed by atoms with Crippen molar-refractivity contribution in [2.24, 2.45) is 5.84 Å². The zero-order valence-corrected chi connectivity index (χ0v) is 9.92. The lowest BCUT2D eigenvalue weighted by Gasteiger charge is -2.13. The number of nitrogens with zero attached hydrogens (tertiary/aromatic N) is 1. The van der Waals surface area contributed by atoms with E-state index in [1.165, 1.54) is 0 Å². The zero-order chi connectivity index (χ0) is 10.4. The Labute approximate surface area is 93.2 Å². The second kappa shape index (κ2) is 6.11. The van der Waals surface area contributed by atoms with E-state index in [0.29, 0.717) is 6.04 Å². The summed E-state index contributed by atoms with van der Waals surface area (Å²) in [5, 5.41) is 0. The summed E-state index contributed by atoms with van der Waals surface area (Å²) in [5.41, 5.74) is 3.89. The molecule has 0 amide bonds. The third-order valence-electron chi connectivity index (χ3n) is 2.12. The fourth-order valence-corrected chi connectivity index (χ4v) is 1.61. The molecule has 0 spiro atoms. The fraction of sp³-hybridized carbons (Fsp3) is 0.500. The van der Waals surface area contributed by atoms with Crippen LogP contribution in [0.15, 0.2) is 22.8 Å². The Hall–Kier alpha value is -0.450. The van der Waals surface area contributed by atoms with E-state index in [9.17, 15) is 0 Å². The van der Waals surface area contributed by atoms with Crippen molar-refractivity contribution in [2.75, 3.05) is 0 Å². The Kier molecular flexibility index (Phi) is 5.07. The number of aromatic nitrogens is 1. The Morgan fingerprint density at radius 3 is 2.86 bits per heavy atom. The maximum atomic E-state index is 5.45. The SMILES string of the molecule is CCCC(Cc1ccc(Br)cn1)NN. The van der Waals surface area contributed by atoms with Crippen molar-refractivity contribution in [3.8, 4) is 0 Å². The highest BCUT2D eigenvalue weighted by Gasteiger charge is 2.06. The number of nitrogens with one attached hydrogen (secondary N) is 1. The lowest BCUT2D eigenvalue weighted by Crippen LogP contribution is -2.36. The van der Waals surface area contributed by atoms with Crippen LogP contribution >= 0.6 is 15.9 Å². The van der Waals surface area contributed by atoms with Gasteiger partial charge in [0.25, 0.3) is 0 Å². The number of hydrazine groups is 1. The monoisotopic (exact) mass is 257 g/mol. The minimum Gasteiger partial charge on any atom is -0.271 e. The summed E-state index contributed by atoms with van der Waals surface area (Å²) >= 11 is 3.36. The van der Waals surface area contributed by atoms with E-state index in [-0.39, 0.29) is 0 Å². The molecule has 4 heteroatoms. The normalized spacial score (nSPS) is 12.8. The first kappa shape index (κ1) is 11.6. The third-order valence-corrected chi connectivity index (χ3v) is 2.59. The van der Waals surface area contributed by atoms with Gasteiger partial charge in [0.1, 0.15) is 0 Å². The summed E-state index contributed by atoms with van der Waals surface area (Å²) in [6.07, 6.45) is 4.91. The number of pyridine rings is 1. The van der Waals surface area contributed by atoms with Crippen molar-refractivity contribution in [3.63, 3.8) is 0 Å². The van der Waals surface area contributed by atoms with Crippen LogP contribution in [0.5, 0.6) is 0 Å². The second-order valence-corrected chi connectivity index (χ2v) is 4.24. The van der Waals surface area contributed by atoms with Gasteiger partial charge in [-0.3, -0.25) is 16.3 Å². The van der Waals surface area contributed by atoms with Gasteiger partial charge < -0.3 is 0 Å². The summed E-state index contributed by atoms with van der Waals surface area (Å²) in [5.74, 6) is 5.45. The molecular formula is C10H16BrN3. The van der Waals surface area contributed by atoms with Crippen molar-refractivity contribution < 1.29 is 0 Å². The van der Waals surface area contributed by atoms with E-state index in [2.05, 4.69) is 33.3 Å². The molecule has 0 aliphatic heterocycles. The summed E-state index contributed by atoms with van der Waals surface area (Å²) in [4.78, 5) is 4.31. The van der Waals surface area contributed by atoms with Crippen LogP contribution in [0.1, 0.15) is 25.5 Å². The van der Waals surface area contributed by atoms with E-state index in [1.54, 1.807) is 0 Å². The Morgan fingerprint density at radius 2 is 2.36 bits per heavy atom. The van der Waals surface area contributed by atoms with E-state index in [4.69, 9.17) is 5.84 Å². The number of rotatable bonds is 5. The summed E-state index contributed by atoms with van der Waals surface area (Å²) in [7, 11) is 0. The standard InChI is InChI=1S/C10H16BrN3/c1-2-3-10(14-12)6-9-5-4-8(11)7-13-9/h4-5,7,10,14H,2-3,6,12H2,1H3. The molecular weight excluding hydrogens is 242 g/mol. The van der Waals surface area contributed by atoms with Crippen LogP contribution in [0.25, 0.3) is 0 Å². The van der Waals surface area contributed by atoms with E-state index < -0.39 is 0 Å². The average Bonchev–Trinajstić information content (AvgIpc) is 2.20. The molecule has 1 unspecified atom stereocenters. The molecule has 0 aromatic carbocycles. The minimum atomic E-state index is 0.327. The molecule has 0 bridgehead atoms. The summed E-state index contributed by atoms with van der Waals surface area (Å²) < 4.78 is 1.01. The molecule has 0 aliphatic carbocycles. The number of hydrogen-bond donors (Lipinski definition) is 2. The van der Waals surface area contributed by atoms with Crippen LogP contribution in [-0.2, 0) is 6.42 Å². The maximum Gasteiger partial charge on any atom is 0.0420 e. The Balaban J connectivity index is 2.53. The topological polar surface area (TPSA) is 50.9 Å². The van der Waals surface area contributed by atoms with Crippen molar-refractivity contribution in [1.29, 1.82) is 0 Å². The highest BCUT2D eigenvalue weighted by atomic mass is 79.9. The van der Waals surface area contributed by atoms with E-state index >= 15 is 0 Å². The molecule has 1 rings (SSSR count). The molecule has 3 N–H and O–H groups in total. The largest absolute Gasteiger partial charge is 0.271 e. The Morgan fingerprint density at radius 1 is 1.57 bits per heavy atom. The van der Waals surface area contributed by atoms with Crippen LogP contribution in [0, 0.1) is 0 Å². The van der Waals surface area contributed by atoms with Crippen LogP contribution in [0.4, 0.5) is 0 Å². The molecule has 14 heavy (non-hydrogen) atoms. The molecule has 1 aromatic rings. The van der Waals surface area contributed by atoms with Gasteiger partial charge in [-0.1, -0.05) is 13.3 Å². The molecule has 0 saturated carbocycles. The van der Waals surface area contributed by atoms with Crippen molar-refractivity contribution in [2.45, 2.75) is 32.2 Å². The smallest absolute Gasteiger partial charge is 0.0420 e. The van der Waals surface area contributed by atoms with Crippen molar-refractivity contribution in [3.05, 3.63) is 28.5 Å². The first-order valence-electron chi connectivity index (χ1n) is 4.82. The van der Waals surface area contributed by atoms with E-state index in [1.807, 2.05) is 18.3 Å². The zero-order valence-electron chi connectivity index (χ0n) is 8.33. The van der Waals surface area contributed by atoms with Gasteiger partial charge in [0.15, 0.2) is 0 Å². The van der Waals surface area contributed by atoms with Gasteiger partial charge in [0.05, 0.1) is 0 Å². The van der Waals surface area contributed by atoms with Gasteiger partial charge in [-0.15, -0.1) is 0 Å². The first-order chi connectivity index (χ1) is 6.76. The lowest BCUT2D eigenvalue weighted by molar-refractivity contribution is 0.482. The third kappa shape index (κ3) is 3.74. The van der Waals surface area contributed by atoms with Gasteiger partial charge in [-0.05, 0) is 34.5 Å². The Bertz CT molecular complexity index is 261. The number of hydrogen-bond acceptors (Lipinski definition) is 3. The predicted molar refractivity (Wildman–Crippen MR) is 61.7 cm³/mol. The summed E-state index contributed by atoms with van der Waals surface area (Å²) in [6, 6.07) is 4.35. The van der Waals surface area contributed by atoms with Crippen LogP contribution < -0.4 is 11.3 Å². The highest BCUT2D eigenvalue weighted by molar-refractivity contribution is 9.10. The fourth-order valence-electron chi connectivity index (χ4n) is 1.37. The maximum absolute atomic E-state index is 5.45. The molecule has 0 saturated heterocycles. The summed E-state index contributed by atoms with van der Waals surface area (Å²) in [6.45, 7) is 2.15. The first-order valence-corrected chi connectivity index (χ1v) is 5.62. The average molecular weight is 258 g/mol. The highest BCUT2D eigenvalue weighted by Crippen LogP contribution is 2.10. The molecule has 0 aliphatic rings. The second-order valence-electron chi connectivity index (χ2n) is 3.32. The molecule has 0 radical (unpaired) electrons. The molecule has 0 fully saturated rings. The van der Waals surface area contributed by atoms with Crippen molar-refractivity contribution in [1.82, 2.24) is 10.4 Å². The van der Waals surface area contributed by atoms with Gasteiger partial charge in [-0.2, -0.15) is 0 Å². The molecule has 1 atom stereocenters. The van der Waals surface area contributed by atoms with E-state index in [0.717, 1.165) is 29.4 Å². The van der Waals surface area contributed by atoms with Gasteiger partial charge in [0, 0.05) is 28.8 Å². The molecule has 78 valence electrons. The molecule has 1 aromatic heterocycles. The molecule has 1 heterocycles. The molecule has 3 nitrogen and oxygen atoms in total.